The SMILES string of the molecule is CSCC(C)N(C)C(=O)Nc1ccc(O)cc1C(=O)O. The number of carbonyl (C=O) groups excluding carboxylic acids is 1. The standard InChI is InChI=1S/C13H18N2O4S/c1-8(7-20-3)15(2)13(19)14-11-5-4-9(16)6-10(11)12(17)18/h4-6,8,16H,7H2,1-3H3,(H,14,19)(H,17,18). The molecule has 110 valence electrons. The van der Waals surface area contributed by atoms with Gasteiger partial charge >= 0.3 is 12.0 Å². The van der Waals surface area contributed by atoms with E-state index >= 15 is 0 Å². The summed E-state index contributed by atoms with van der Waals surface area (Å²) in [5.41, 5.74) is 0.00720. The third-order valence-corrected chi connectivity index (χ3v) is 3.68. The molecule has 20 heavy (non-hydrogen) atoms. The number of phenols is 1. The number of hydrogen-bond acceptors (Lipinski definition) is 4. The van der Waals surface area contributed by atoms with Gasteiger partial charge in [0, 0.05) is 18.8 Å². The molecule has 1 atom stereocenters. The first-order chi connectivity index (χ1) is 9.36. The van der Waals surface area contributed by atoms with Gasteiger partial charge in [-0.25, -0.2) is 9.59 Å². The van der Waals surface area contributed by atoms with Gasteiger partial charge in [-0.3, -0.25) is 0 Å². The fraction of sp³-hybridized carbons (Fsp3) is 0.385. The van der Waals surface area contributed by atoms with Gasteiger partial charge < -0.3 is 20.4 Å². The summed E-state index contributed by atoms with van der Waals surface area (Å²) in [7, 11) is 1.65. The van der Waals surface area contributed by atoms with E-state index in [1.165, 1.54) is 17.0 Å². The zero-order valence-corrected chi connectivity index (χ0v) is 12.4. The Bertz CT molecular complexity index is 507. The Balaban J connectivity index is 2.88. The summed E-state index contributed by atoms with van der Waals surface area (Å²) >= 11 is 1.62. The summed E-state index contributed by atoms with van der Waals surface area (Å²) in [6, 6.07) is 3.43. The molecule has 3 N–H and O–H groups in total. The number of anilines is 1. The molecule has 1 rings (SSSR count). The number of aromatic carboxylic acids is 1. The highest BCUT2D eigenvalue weighted by atomic mass is 32.2. The molecule has 2 amide bonds. The number of aromatic hydroxyl groups is 1. The number of carboxylic acids is 1. The van der Waals surface area contributed by atoms with E-state index in [1.54, 1.807) is 18.8 Å². The first kappa shape index (κ1) is 16.2. The van der Waals surface area contributed by atoms with Gasteiger partial charge in [0.1, 0.15) is 5.75 Å². The van der Waals surface area contributed by atoms with E-state index in [1.807, 2.05) is 13.2 Å². The Hall–Kier alpha value is -1.89. The Kier molecular flexibility index (Phi) is 5.69. The summed E-state index contributed by atoms with van der Waals surface area (Å²) in [6.45, 7) is 1.91. The van der Waals surface area contributed by atoms with Crippen molar-refractivity contribution in [1.82, 2.24) is 4.90 Å². The van der Waals surface area contributed by atoms with Gasteiger partial charge in [-0.1, -0.05) is 0 Å². The average Bonchev–Trinajstić information content (AvgIpc) is 2.39. The molecule has 7 heteroatoms. The third kappa shape index (κ3) is 4.06. The number of carbonyl (C=O) groups is 2. The second-order valence-electron chi connectivity index (χ2n) is 4.38. The molecule has 0 spiro atoms. The Labute approximate surface area is 121 Å². The van der Waals surface area contributed by atoms with Crippen LogP contribution in [0.1, 0.15) is 17.3 Å². The number of phenolic OH excluding ortho intramolecular Hbond substituents is 1. The van der Waals surface area contributed by atoms with E-state index in [4.69, 9.17) is 5.11 Å². The highest BCUT2D eigenvalue weighted by Crippen LogP contribution is 2.21. The van der Waals surface area contributed by atoms with Crippen LogP contribution in [0.3, 0.4) is 0 Å². The second kappa shape index (κ2) is 7.04. The molecular weight excluding hydrogens is 280 g/mol. The van der Waals surface area contributed by atoms with Crippen LogP contribution in [-0.2, 0) is 0 Å². The maximum atomic E-state index is 12.0. The van der Waals surface area contributed by atoms with Crippen LogP contribution < -0.4 is 5.32 Å². The van der Waals surface area contributed by atoms with Crippen molar-refractivity contribution in [2.75, 3.05) is 24.4 Å². The second-order valence-corrected chi connectivity index (χ2v) is 5.29. The van der Waals surface area contributed by atoms with Crippen LogP contribution in [0.5, 0.6) is 5.75 Å². The molecule has 1 aromatic carbocycles. The van der Waals surface area contributed by atoms with Crippen LogP contribution in [0.4, 0.5) is 10.5 Å². The maximum Gasteiger partial charge on any atom is 0.337 e. The fourth-order valence-electron chi connectivity index (χ4n) is 1.57. The highest BCUT2D eigenvalue weighted by molar-refractivity contribution is 7.98. The lowest BCUT2D eigenvalue weighted by molar-refractivity contribution is 0.0697. The van der Waals surface area contributed by atoms with Crippen molar-refractivity contribution < 1.29 is 19.8 Å². The first-order valence-corrected chi connectivity index (χ1v) is 7.35. The lowest BCUT2D eigenvalue weighted by Crippen LogP contribution is -2.39. The number of benzene rings is 1. The monoisotopic (exact) mass is 298 g/mol. The molecule has 0 heterocycles. The van der Waals surface area contributed by atoms with Gasteiger partial charge in [0.05, 0.1) is 11.3 Å². The third-order valence-electron chi connectivity index (χ3n) is 2.86. The van der Waals surface area contributed by atoms with Gasteiger partial charge in [-0.15, -0.1) is 0 Å². The van der Waals surface area contributed by atoms with Crippen LogP contribution in [-0.4, -0.2) is 52.2 Å². The van der Waals surface area contributed by atoms with Crippen molar-refractivity contribution in [2.45, 2.75) is 13.0 Å². The molecule has 0 saturated carbocycles. The fourth-order valence-corrected chi connectivity index (χ4v) is 2.28. The lowest BCUT2D eigenvalue weighted by atomic mass is 10.1. The van der Waals surface area contributed by atoms with E-state index in [-0.39, 0.29) is 29.1 Å². The summed E-state index contributed by atoms with van der Waals surface area (Å²) in [5, 5.41) is 20.9. The van der Waals surface area contributed by atoms with Crippen LogP contribution in [0.25, 0.3) is 0 Å². The van der Waals surface area contributed by atoms with E-state index in [2.05, 4.69) is 5.32 Å². The molecule has 0 radical (unpaired) electrons. The minimum absolute atomic E-state index is 0.0235. The van der Waals surface area contributed by atoms with Crippen molar-refractivity contribution in [3.05, 3.63) is 23.8 Å². The quantitative estimate of drug-likeness (QED) is 0.726. The van der Waals surface area contributed by atoms with Crippen molar-refractivity contribution in [3.8, 4) is 5.75 Å². The minimum Gasteiger partial charge on any atom is -0.508 e. The van der Waals surface area contributed by atoms with E-state index in [0.717, 1.165) is 11.8 Å². The van der Waals surface area contributed by atoms with Crippen molar-refractivity contribution in [1.29, 1.82) is 0 Å². The van der Waals surface area contributed by atoms with Crippen molar-refractivity contribution >= 4 is 29.4 Å². The number of rotatable bonds is 5. The van der Waals surface area contributed by atoms with Crippen molar-refractivity contribution in [2.24, 2.45) is 0 Å². The summed E-state index contributed by atoms with van der Waals surface area (Å²) in [6.07, 6.45) is 1.95. The topological polar surface area (TPSA) is 89.9 Å². The first-order valence-electron chi connectivity index (χ1n) is 5.96. The van der Waals surface area contributed by atoms with Gasteiger partial charge in [-0.2, -0.15) is 11.8 Å². The molecular formula is C13H18N2O4S. The van der Waals surface area contributed by atoms with Crippen LogP contribution >= 0.6 is 11.8 Å². The zero-order chi connectivity index (χ0) is 15.3. The van der Waals surface area contributed by atoms with Gasteiger partial charge in [0.15, 0.2) is 0 Å². The van der Waals surface area contributed by atoms with E-state index in [9.17, 15) is 14.7 Å². The summed E-state index contributed by atoms with van der Waals surface area (Å²) in [5.74, 6) is -0.591. The largest absolute Gasteiger partial charge is 0.508 e. The smallest absolute Gasteiger partial charge is 0.337 e. The average molecular weight is 298 g/mol. The lowest BCUT2D eigenvalue weighted by Gasteiger charge is -2.25. The number of urea groups is 1. The number of thioether (sulfide) groups is 1. The van der Waals surface area contributed by atoms with Gasteiger partial charge in [0.25, 0.3) is 0 Å². The van der Waals surface area contributed by atoms with Crippen LogP contribution in [0.15, 0.2) is 18.2 Å². The molecule has 1 aromatic rings. The Morgan fingerprint density at radius 2 is 2.10 bits per heavy atom. The van der Waals surface area contributed by atoms with Gasteiger partial charge in [-0.05, 0) is 31.4 Å². The van der Waals surface area contributed by atoms with E-state index < -0.39 is 5.97 Å². The molecule has 6 nitrogen and oxygen atoms in total. The van der Waals surface area contributed by atoms with E-state index in [0.29, 0.717) is 0 Å². The maximum absolute atomic E-state index is 12.0. The zero-order valence-electron chi connectivity index (χ0n) is 11.6. The molecule has 0 aromatic heterocycles. The molecule has 0 fully saturated rings. The Morgan fingerprint density at radius 3 is 2.65 bits per heavy atom. The predicted molar refractivity (Wildman–Crippen MR) is 79.7 cm³/mol. The number of carboxylic acid groups (broad SMARTS) is 1. The summed E-state index contributed by atoms with van der Waals surface area (Å²) in [4.78, 5) is 24.6. The molecule has 0 aliphatic carbocycles. The number of amides is 2. The van der Waals surface area contributed by atoms with Gasteiger partial charge in [0.2, 0.25) is 0 Å². The molecule has 0 aliphatic heterocycles. The highest BCUT2D eigenvalue weighted by Gasteiger charge is 2.18. The number of nitrogens with zero attached hydrogens (tertiary/aromatic N) is 1. The van der Waals surface area contributed by atoms with Crippen LogP contribution in [0.2, 0.25) is 0 Å². The minimum atomic E-state index is -1.21. The molecule has 0 aliphatic rings. The Morgan fingerprint density at radius 1 is 1.45 bits per heavy atom. The molecule has 0 saturated heterocycles. The normalized spacial score (nSPS) is 11.8. The number of nitrogens with one attached hydrogen (secondary N) is 1. The number of hydrogen-bond donors (Lipinski definition) is 3. The summed E-state index contributed by atoms with van der Waals surface area (Å²) < 4.78 is 0. The van der Waals surface area contributed by atoms with Crippen molar-refractivity contribution in [3.63, 3.8) is 0 Å². The molecule has 0 bridgehead atoms. The van der Waals surface area contributed by atoms with Crippen LogP contribution in [0, 0.1) is 0 Å². The predicted octanol–water partition coefficient (Wildman–Crippen LogP) is 2.31. The molecule has 1 unspecified atom stereocenters.